The van der Waals surface area contributed by atoms with E-state index >= 15 is 0 Å². The number of thioether (sulfide) groups is 1. The molecule has 1 rings (SSSR count). The monoisotopic (exact) mass is 227 g/mol. The summed E-state index contributed by atoms with van der Waals surface area (Å²) in [5.41, 5.74) is 6.37. The largest absolute Gasteiger partial charge is 0.495 e. The number of nitrogens with two attached hydrogens (primary N) is 1. The van der Waals surface area contributed by atoms with E-state index < -0.39 is 0 Å². The molecule has 0 spiro atoms. The summed E-state index contributed by atoms with van der Waals surface area (Å²) in [6.07, 6.45) is 0. The third-order valence-corrected chi connectivity index (χ3v) is 2.87. The molecule has 0 atom stereocenters. The standard InChI is InChI=1S/C10H13NO3S/c1-13-7-4-3-5-8(10(7)11)15-6-9(12)14-2/h3-5H,6,11H2,1-2H3. The van der Waals surface area contributed by atoms with Crippen LogP contribution in [0.4, 0.5) is 5.69 Å². The van der Waals surface area contributed by atoms with E-state index in [1.165, 1.54) is 18.9 Å². The van der Waals surface area contributed by atoms with Gasteiger partial charge in [-0.25, -0.2) is 0 Å². The summed E-state index contributed by atoms with van der Waals surface area (Å²) in [7, 11) is 2.91. The summed E-state index contributed by atoms with van der Waals surface area (Å²) < 4.78 is 9.60. The molecule has 0 heterocycles. The lowest BCUT2D eigenvalue weighted by atomic mass is 10.3. The van der Waals surface area contributed by atoms with Crippen molar-refractivity contribution in [3.05, 3.63) is 18.2 Å². The fourth-order valence-corrected chi connectivity index (χ4v) is 1.85. The van der Waals surface area contributed by atoms with Crippen molar-refractivity contribution in [3.63, 3.8) is 0 Å². The van der Waals surface area contributed by atoms with Crippen molar-refractivity contribution < 1.29 is 14.3 Å². The second kappa shape index (κ2) is 5.50. The summed E-state index contributed by atoms with van der Waals surface area (Å²) in [5, 5.41) is 0. The van der Waals surface area contributed by atoms with Crippen LogP contribution in [-0.2, 0) is 9.53 Å². The van der Waals surface area contributed by atoms with Gasteiger partial charge in [0.2, 0.25) is 0 Å². The van der Waals surface area contributed by atoms with E-state index in [0.717, 1.165) is 4.90 Å². The Morgan fingerprint density at radius 1 is 1.47 bits per heavy atom. The zero-order valence-electron chi connectivity index (χ0n) is 8.65. The number of carbonyl (C=O) groups is 1. The molecule has 0 aliphatic rings. The van der Waals surface area contributed by atoms with Gasteiger partial charge in [-0.2, -0.15) is 0 Å². The van der Waals surface area contributed by atoms with Gasteiger partial charge in [0.05, 0.1) is 25.7 Å². The average Bonchev–Trinajstić information content (AvgIpc) is 2.27. The average molecular weight is 227 g/mol. The molecule has 0 aliphatic carbocycles. The van der Waals surface area contributed by atoms with E-state index in [2.05, 4.69) is 4.74 Å². The highest BCUT2D eigenvalue weighted by atomic mass is 32.2. The number of para-hydroxylation sites is 1. The molecule has 1 aromatic rings. The number of hydrogen-bond acceptors (Lipinski definition) is 5. The second-order valence-corrected chi connectivity index (χ2v) is 3.75. The maximum Gasteiger partial charge on any atom is 0.315 e. The van der Waals surface area contributed by atoms with Crippen molar-refractivity contribution in [2.24, 2.45) is 0 Å². The van der Waals surface area contributed by atoms with Gasteiger partial charge in [0.1, 0.15) is 5.75 Å². The molecule has 0 saturated heterocycles. The highest BCUT2D eigenvalue weighted by Crippen LogP contribution is 2.32. The summed E-state index contributed by atoms with van der Waals surface area (Å²) in [6.45, 7) is 0. The molecule has 0 amide bonds. The highest BCUT2D eigenvalue weighted by Gasteiger charge is 2.08. The van der Waals surface area contributed by atoms with Crippen LogP contribution in [0, 0.1) is 0 Å². The Hall–Kier alpha value is -1.36. The number of methoxy groups -OCH3 is 2. The molecule has 0 saturated carbocycles. The number of anilines is 1. The molecule has 15 heavy (non-hydrogen) atoms. The van der Waals surface area contributed by atoms with Crippen LogP contribution >= 0.6 is 11.8 Å². The van der Waals surface area contributed by atoms with Crippen LogP contribution in [0.2, 0.25) is 0 Å². The Morgan fingerprint density at radius 2 is 2.20 bits per heavy atom. The van der Waals surface area contributed by atoms with Gasteiger partial charge in [-0.05, 0) is 12.1 Å². The minimum atomic E-state index is -0.276. The minimum absolute atomic E-state index is 0.244. The molecular formula is C10H13NO3S. The molecule has 2 N–H and O–H groups in total. The Kier molecular flexibility index (Phi) is 4.30. The number of esters is 1. The minimum Gasteiger partial charge on any atom is -0.495 e. The van der Waals surface area contributed by atoms with E-state index in [4.69, 9.17) is 10.5 Å². The topological polar surface area (TPSA) is 61.5 Å². The van der Waals surface area contributed by atoms with Crippen molar-refractivity contribution in [1.82, 2.24) is 0 Å². The summed E-state index contributed by atoms with van der Waals surface area (Å²) in [5.74, 6) is 0.584. The predicted molar refractivity (Wildman–Crippen MR) is 60.1 cm³/mol. The second-order valence-electron chi connectivity index (χ2n) is 2.74. The first kappa shape index (κ1) is 11.7. The molecule has 4 nitrogen and oxygen atoms in total. The van der Waals surface area contributed by atoms with Gasteiger partial charge in [0.15, 0.2) is 0 Å². The number of carbonyl (C=O) groups excluding carboxylic acids is 1. The molecule has 82 valence electrons. The zero-order chi connectivity index (χ0) is 11.3. The van der Waals surface area contributed by atoms with Gasteiger partial charge >= 0.3 is 5.97 Å². The normalized spacial score (nSPS) is 9.73. The SMILES string of the molecule is COC(=O)CSc1cccc(OC)c1N. The predicted octanol–water partition coefficient (Wildman–Crippen LogP) is 1.54. The van der Waals surface area contributed by atoms with Crippen molar-refractivity contribution >= 4 is 23.4 Å². The van der Waals surface area contributed by atoms with Crippen molar-refractivity contribution in [2.75, 3.05) is 25.7 Å². The van der Waals surface area contributed by atoms with Crippen LogP contribution in [0.3, 0.4) is 0 Å². The van der Waals surface area contributed by atoms with Gasteiger partial charge in [-0.3, -0.25) is 4.79 Å². The Balaban J connectivity index is 2.73. The first-order valence-corrected chi connectivity index (χ1v) is 5.29. The van der Waals surface area contributed by atoms with Crippen molar-refractivity contribution in [3.8, 4) is 5.75 Å². The van der Waals surface area contributed by atoms with E-state index in [1.807, 2.05) is 12.1 Å². The molecule has 0 aromatic heterocycles. The third kappa shape index (κ3) is 3.06. The fourth-order valence-electron chi connectivity index (χ4n) is 1.02. The van der Waals surface area contributed by atoms with E-state index in [-0.39, 0.29) is 11.7 Å². The lowest BCUT2D eigenvalue weighted by Gasteiger charge is -2.08. The quantitative estimate of drug-likeness (QED) is 0.480. The Bertz CT molecular complexity index is 355. The number of ether oxygens (including phenoxy) is 2. The molecule has 0 radical (unpaired) electrons. The van der Waals surface area contributed by atoms with E-state index in [1.54, 1.807) is 13.2 Å². The van der Waals surface area contributed by atoms with Gasteiger partial charge in [-0.15, -0.1) is 11.8 Å². The molecule has 5 heteroatoms. The van der Waals surface area contributed by atoms with Gasteiger partial charge in [0.25, 0.3) is 0 Å². The van der Waals surface area contributed by atoms with Crippen LogP contribution in [0.15, 0.2) is 23.1 Å². The zero-order valence-corrected chi connectivity index (χ0v) is 9.47. The Morgan fingerprint density at radius 3 is 2.80 bits per heavy atom. The number of benzene rings is 1. The highest BCUT2D eigenvalue weighted by molar-refractivity contribution is 8.00. The van der Waals surface area contributed by atoms with Crippen molar-refractivity contribution in [1.29, 1.82) is 0 Å². The van der Waals surface area contributed by atoms with Crippen LogP contribution < -0.4 is 10.5 Å². The van der Waals surface area contributed by atoms with Crippen molar-refractivity contribution in [2.45, 2.75) is 4.90 Å². The van der Waals surface area contributed by atoms with Crippen LogP contribution in [0.25, 0.3) is 0 Å². The summed E-state index contributed by atoms with van der Waals surface area (Å²) in [4.78, 5) is 11.8. The van der Waals surface area contributed by atoms with E-state index in [9.17, 15) is 4.79 Å². The maximum absolute atomic E-state index is 10.9. The van der Waals surface area contributed by atoms with Gasteiger partial charge in [-0.1, -0.05) is 6.07 Å². The molecule has 0 unspecified atom stereocenters. The van der Waals surface area contributed by atoms with E-state index in [0.29, 0.717) is 11.4 Å². The number of nitrogen functional groups attached to an aromatic ring is 1. The smallest absolute Gasteiger partial charge is 0.315 e. The number of rotatable bonds is 4. The summed E-state index contributed by atoms with van der Waals surface area (Å²) >= 11 is 1.33. The van der Waals surface area contributed by atoms with Crippen LogP contribution in [-0.4, -0.2) is 25.9 Å². The fraction of sp³-hybridized carbons (Fsp3) is 0.300. The molecule has 0 bridgehead atoms. The lowest BCUT2D eigenvalue weighted by molar-refractivity contribution is -0.137. The summed E-state index contributed by atoms with van der Waals surface area (Å²) in [6, 6.07) is 5.44. The third-order valence-electron chi connectivity index (χ3n) is 1.82. The van der Waals surface area contributed by atoms with Gasteiger partial charge in [0, 0.05) is 4.90 Å². The molecule has 0 aliphatic heterocycles. The molecule has 0 fully saturated rings. The lowest BCUT2D eigenvalue weighted by Crippen LogP contribution is -2.03. The Labute approximate surface area is 92.7 Å². The first-order valence-electron chi connectivity index (χ1n) is 4.31. The van der Waals surface area contributed by atoms with Gasteiger partial charge < -0.3 is 15.2 Å². The first-order chi connectivity index (χ1) is 7.19. The number of hydrogen-bond donors (Lipinski definition) is 1. The van der Waals surface area contributed by atoms with Crippen LogP contribution in [0.1, 0.15) is 0 Å². The molecule has 1 aromatic carbocycles. The molecular weight excluding hydrogens is 214 g/mol. The van der Waals surface area contributed by atoms with Crippen LogP contribution in [0.5, 0.6) is 5.75 Å². The maximum atomic E-state index is 10.9.